The Balaban J connectivity index is 0.00000400. The molecule has 0 atom stereocenters. The molecule has 2 aliphatic heterocycles. The monoisotopic (exact) mass is 524 g/mol. The van der Waals surface area contributed by atoms with E-state index in [1.807, 2.05) is 4.90 Å². The highest BCUT2D eigenvalue weighted by Crippen LogP contribution is 2.31. The molecule has 2 aromatic rings. The van der Waals surface area contributed by atoms with Crippen LogP contribution in [0.5, 0.6) is 5.75 Å². The molecule has 208 valence electrons. The summed E-state index contributed by atoms with van der Waals surface area (Å²) in [5, 5.41) is 14.5. The van der Waals surface area contributed by atoms with Gasteiger partial charge in [0, 0.05) is 49.9 Å². The number of nitrogens with zero attached hydrogens (tertiary/aromatic N) is 3. The molecule has 2 aromatic carbocycles. The number of methoxy groups -OCH3 is 1. The zero-order valence-corrected chi connectivity index (χ0v) is 22.2. The van der Waals surface area contributed by atoms with E-state index in [9.17, 15) is 14.9 Å². The summed E-state index contributed by atoms with van der Waals surface area (Å²) in [4.78, 5) is 27.9. The standard InChI is InChI=1S/C29H40N4O4.CH4/c1-3-4-22-5-7-23(8-6-22)24-11-16-31(17-12-24)18-15-29(34)32-19-13-25(14-20-32)30-26-9-10-27(33(35)36)28(21-26)37-2;/h5-10,21,24-25,30H,3-4,11-20H2,1-2H3;1H4. The van der Waals surface area contributed by atoms with E-state index >= 15 is 0 Å². The van der Waals surface area contributed by atoms with Gasteiger partial charge < -0.3 is 19.9 Å². The summed E-state index contributed by atoms with van der Waals surface area (Å²) in [6, 6.07) is 14.3. The molecule has 2 aliphatic rings. The highest BCUT2D eigenvalue weighted by Gasteiger charge is 2.25. The highest BCUT2D eigenvalue weighted by atomic mass is 16.6. The average Bonchev–Trinajstić information content (AvgIpc) is 2.93. The summed E-state index contributed by atoms with van der Waals surface area (Å²) in [6.45, 7) is 6.63. The van der Waals surface area contributed by atoms with Crippen molar-refractivity contribution in [3.8, 4) is 5.75 Å². The SMILES string of the molecule is C.CCCc1ccc(C2CCN(CCC(=O)N3CCC(Nc4ccc([N+](=O)[O-])c(OC)c4)CC3)CC2)cc1. The Kier molecular flexibility index (Phi) is 11.0. The number of hydrogen-bond acceptors (Lipinski definition) is 6. The van der Waals surface area contributed by atoms with E-state index in [4.69, 9.17) is 4.74 Å². The number of amides is 1. The van der Waals surface area contributed by atoms with Crippen molar-refractivity contribution in [2.24, 2.45) is 0 Å². The first-order valence-electron chi connectivity index (χ1n) is 13.6. The van der Waals surface area contributed by atoms with Crippen LogP contribution in [0.25, 0.3) is 0 Å². The van der Waals surface area contributed by atoms with Gasteiger partial charge in [-0.15, -0.1) is 0 Å². The van der Waals surface area contributed by atoms with Gasteiger partial charge in [0.2, 0.25) is 5.91 Å². The van der Waals surface area contributed by atoms with Crippen LogP contribution in [0, 0.1) is 10.1 Å². The molecule has 2 saturated heterocycles. The maximum atomic E-state index is 12.9. The minimum Gasteiger partial charge on any atom is -0.490 e. The number of piperidine rings is 2. The fraction of sp³-hybridized carbons (Fsp3) is 0.567. The largest absolute Gasteiger partial charge is 0.490 e. The molecule has 8 heteroatoms. The number of likely N-dealkylation sites (tertiary alicyclic amines) is 2. The molecule has 2 fully saturated rings. The number of carbonyl (C=O) groups excluding carboxylic acids is 1. The van der Waals surface area contributed by atoms with Crippen molar-refractivity contribution in [3.05, 3.63) is 63.7 Å². The van der Waals surface area contributed by atoms with Gasteiger partial charge in [-0.2, -0.15) is 0 Å². The summed E-state index contributed by atoms with van der Waals surface area (Å²) in [6.07, 6.45) is 6.94. The number of anilines is 1. The molecule has 0 saturated carbocycles. The fourth-order valence-electron chi connectivity index (χ4n) is 5.57. The molecule has 2 heterocycles. The first-order chi connectivity index (χ1) is 18.0. The van der Waals surface area contributed by atoms with E-state index in [1.54, 1.807) is 12.1 Å². The lowest BCUT2D eigenvalue weighted by Crippen LogP contribution is -2.43. The van der Waals surface area contributed by atoms with Crippen molar-refractivity contribution in [2.45, 2.75) is 71.3 Å². The normalized spacial score (nSPS) is 17.1. The molecule has 0 unspecified atom stereocenters. The molecule has 38 heavy (non-hydrogen) atoms. The van der Waals surface area contributed by atoms with Gasteiger partial charge >= 0.3 is 5.69 Å². The lowest BCUT2D eigenvalue weighted by Gasteiger charge is -2.35. The lowest BCUT2D eigenvalue weighted by atomic mass is 9.88. The van der Waals surface area contributed by atoms with Crippen LogP contribution in [0.15, 0.2) is 42.5 Å². The Morgan fingerprint density at radius 1 is 1.05 bits per heavy atom. The van der Waals surface area contributed by atoms with Gasteiger partial charge in [-0.3, -0.25) is 14.9 Å². The summed E-state index contributed by atoms with van der Waals surface area (Å²) >= 11 is 0. The van der Waals surface area contributed by atoms with Crippen molar-refractivity contribution >= 4 is 17.3 Å². The summed E-state index contributed by atoms with van der Waals surface area (Å²) in [5.41, 5.74) is 3.64. The van der Waals surface area contributed by atoms with Gasteiger partial charge in [0.1, 0.15) is 0 Å². The maximum absolute atomic E-state index is 12.9. The van der Waals surface area contributed by atoms with Crippen LogP contribution in [-0.4, -0.2) is 66.5 Å². The summed E-state index contributed by atoms with van der Waals surface area (Å²) in [7, 11) is 1.43. The van der Waals surface area contributed by atoms with Crippen LogP contribution in [0.1, 0.15) is 69.9 Å². The van der Waals surface area contributed by atoms with Crippen LogP contribution in [0.4, 0.5) is 11.4 Å². The molecule has 0 radical (unpaired) electrons. The minimum absolute atomic E-state index is 0. The van der Waals surface area contributed by atoms with Gasteiger partial charge in [0.15, 0.2) is 5.75 Å². The van der Waals surface area contributed by atoms with Crippen molar-refractivity contribution in [1.29, 1.82) is 0 Å². The third-order valence-corrected chi connectivity index (χ3v) is 7.81. The Morgan fingerprint density at radius 3 is 2.34 bits per heavy atom. The van der Waals surface area contributed by atoms with E-state index in [-0.39, 0.29) is 30.8 Å². The number of rotatable bonds is 10. The molecule has 1 amide bonds. The van der Waals surface area contributed by atoms with Gasteiger partial charge in [0.25, 0.3) is 0 Å². The Bertz CT molecular complexity index is 1040. The number of nitro groups is 1. The number of aryl methyl sites for hydroxylation is 1. The Hall–Kier alpha value is -3.13. The van der Waals surface area contributed by atoms with Crippen molar-refractivity contribution in [1.82, 2.24) is 9.80 Å². The first-order valence-corrected chi connectivity index (χ1v) is 13.6. The molecular weight excluding hydrogens is 480 g/mol. The van der Waals surface area contributed by atoms with Crippen LogP contribution >= 0.6 is 0 Å². The molecule has 0 bridgehead atoms. The number of nitro benzene ring substituents is 1. The second-order valence-corrected chi connectivity index (χ2v) is 10.3. The third-order valence-electron chi connectivity index (χ3n) is 7.81. The van der Waals surface area contributed by atoms with Crippen LogP contribution in [-0.2, 0) is 11.2 Å². The predicted octanol–water partition coefficient (Wildman–Crippen LogP) is 5.86. The molecule has 1 N–H and O–H groups in total. The minimum atomic E-state index is -0.443. The number of ether oxygens (including phenoxy) is 1. The van der Waals surface area contributed by atoms with Gasteiger partial charge in [-0.25, -0.2) is 0 Å². The van der Waals surface area contributed by atoms with E-state index < -0.39 is 4.92 Å². The number of hydrogen-bond donors (Lipinski definition) is 1. The van der Waals surface area contributed by atoms with E-state index in [0.717, 1.165) is 70.5 Å². The second-order valence-electron chi connectivity index (χ2n) is 10.3. The van der Waals surface area contributed by atoms with Crippen molar-refractivity contribution in [3.63, 3.8) is 0 Å². The Labute approximate surface area is 227 Å². The van der Waals surface area contributed by atoms with Gasteiger partial charge in [-0.05, 0) is 68.3 Å². The summed E-state index contributed by atoms with van der Waals surface area (Å²) < 4.78 is 5.16. The van der Waals surface area contributed by atoms with Gasteiger partial charge in [-0.1, -0.05) is 45.0 Å². The zero-order valence-electron chi connectivity index (χ0n) is 22.2. The fourth-order valence-corrected chi connectivity index (χ4v) is 5.57. The number of nitrogens with one attached hydrogen (secondary N) is 1. The number of benzene rings is 2. The second kappa shape index (κ2) is 14.1. The summed E-state index contributed by atoms with van der Waals surface area (Å²) in [5.74, 6) is 1.12. The third kappa shape index (κ3) is 7.69. The first kappa shape index (κ1) is 29.4. The lowest BCUT2D eigenvalue weighted by molar-refractivity contribution is -0.385. The number of carbonyl (C=O) groups is 1. The van der Waals surface area contributed by atoms with E-state index in [2.05, 4.69) is 41.4 Å². The van der Waals surface area contributed by atoms with Gasteiger partial charge in [0.05, 0.1) is 12.0 Å². The van der Waals surface area contributed by atoms with Crippen LogP contribution in [0.2, 0.25) is 0 Å². The molecule has 8 nitrogen and oxygen atoms in total. The molecule has 0 aromatic heterocycles. The highest BCUT2D eigenvalue weighted by molar-refractivity contribution is 5.76. The molecule has 4 rings (SSSR count). The average molecular weight is 525 g/mol. The van der Waals surface area contributed by atoms with E-state index in [0.29, 0.717) is 12.3 Å². The Morgan fingerprint density at radius 2 is 1.74 bits per heavy atom. The molecule has 0 spiro atoms. The quantitative estimate of drug-likeness (QED) is 0.309. The smallest absolute Gasteiger partial charge is 0.311 e. The molecule has 0 aliphatic carbocycles. The zero-order chi connectivity index (χ0) is 26.2. The molecular formula is C30H44N4O4. The van der Waals surface area contributed by atoms with E-state index in [1.165, 1.54) is 30.7 Å². The maximum Gasteiger partial charge on any atom is 0.311 e. The topological polar surface area (TPSA) is 88.0 Å². The van der Waals surface area contributed by atoms with Crippen LogP contribution in [0.3, 0.4) is 0 Å². The van der Waals surface area contributed by atoms with Crippen LogP contribution < -0.4 is 10.1 Å². The predicted molar refractivity (Wildman–Crippen MR) is 153 cm³/mol. The van der Waals surface area contributed by atoms with Crippen molar-refractivity contribution in [2.75, 3.05) is 45.2 Å². The van der Waals surface area contributed by atoms with Crippen molar-refractivity contribution < 1.29 is 14.5 Å².